The van der Waals surface area contributed by atoms with Crippen molar-refractivity contribution < 1.29 is 0 Å². The highest BCUT2D eigenvalue weighted by molar-refractivity contribution is 5.75. The van der Waals surface area contributed by atoms with E-state index in [-0.39, 0.29) is 0 Å². The summed E-state index contributed by atoms with van der Waals surface area (Å²) >= 11 is 0. The number of rotatable bonds is 2. The summed E-state index contributed by atoms with van der Waals surface area (Å²) in [5.74, 6) is 1.13. The third kappa shape index (κ3) is 2.38. The molecule has 0 fully saturated rings. The smallest absolute Gasteiger partial charge is 0.00991 e. The minimum atomic E-state index is 0.563. The molecule has 0 amide bonds. The maximum atomic E-state index is 2.38. The van der Waals surface area contributed by atoms with Gasteiger partial charge in [0, 0.05) is 0 Å². The zero-order valence-corrected chi connectivity index (χ0v) is 14.9. The summed E-state index contributed by atoms with van der Waals surface area (Å²) in [5, 5.41) is 5.46. The average Bonchev–Trinajstić information content (AvgIpc) is 3.18. The molecule has 2 aromatic rings. The molecule has 0 spiro atoms. The fraction of sp³-hybridized carbons (Fsp3) is 0.250. The highest BCUT2D eigenvalue weighted by Gasteiger charge is 2.11. The molecule has 0 aliphatic heterocycles. The Labute approximate surface area is 143 Å². The van der Waals surface area contributed by atoms with Crippen molar-refractivity contribution in [2.24, 2.45) is 11.8 Å². The van der Waals surface area contributed by atoms with Crippen LogP contribution in [0.15, 0.2) is 47.5 Å². The maximum Gasteiger partial charge on any atom is -0.00991 e. The molecule has 2 aromatic carbocycles. The number of benzene rings is 2. The van der Waals surface area contributed by atoms with E-state index in [1.165, 1.54) is 43.1 Å². The van der Waals surface area contributed by atoms with Crippen LogP contribution >= 0.6 is 0 Å². The lowest BCUT2D eigenvalue weighted by atomic mass is 10.0. The molecule has 24 heavy (non-hydrogen) atoms. The zero-order valence-electron chi connectivity index (χ0n) is 14.9. The molecular formula is C24H24. The molecule has 0 aromatic heterocycles. The molecule has 120 valence electrons. The maximum absolute atomic E-state index is 2.38. The Morgan fingerprint density at radius 2 is 0.958 bits per heavy atom. The minimum absolute atomic E-state index is 0.563. The largest absolute Gasteiger partial charge is 0.0610 e. The lowest BCUT2D eigenvalue weighted by Crippen LogP contribution is -2.12. The van der Waals surface area contributed by atoms with Crippen molar-refractivity contribution in [2.45, 2.75) is 27.7 Å². The third-order valence-corrected chi connectivity index (χ3v) is 5.17. The van der Waals surface area contributed by atoms with E-state index in [1.54, 1.807) is 0 Å². The van der Waals surface area contributed by atoms with Gasteiger partial charge in [-0.3, -0.25) is 0 Å². The monoisotopic (exact) mass is 312 g/mol. The second-order valence-corrected chi connectivity index (χ2v) is 7.50. The zero-order chi connectivity index (χ0) is 16.8. The summed E-state index contributed by atoms with van der Waals surface area (Å²) in [6.45, 7) is 9.06. The molecule has 2 aliphatic carbocycles. The van der Waals surface area contributed by atoms with Crippen LogP contribution in [0, 0.1) is 22.3 Å². The summed E-state index contributed by atoms with van der Waals surface area (Å²) in [6.07, 6.45) is 9.43. The van der Waals surface area contributed by atoms with Crippen molar-refractivity contribution in [1.82, 2.24) is 0 Å². The van der Waals surface area contributed by atoms with Crippen molar-refractivity contribution in [3.63, 3.8) is 0 Å². The van der Waals surface area contributed by atoms with Gasteiger partial charge in [0.1, 0.15) is 0 Å². The first kappa shape index (κ1) is 15.2. The summed E-state index contributed by atoms with van der Waals surface area (Å²) in [7, 11) is 0. The van der Waals surface area contributed by atoms with Gasteiger partial charge in [-0.15, -0.1) is 0 Å². The molecule has 0 atom stereocenters. The molecular weight excluding hydrogens is 288 g/mol. The predicted octanol–water partition coefficient (Wildman–Crippen LogP) is 4.64. The Bertz CT molecular complexity index is 1000. The molecule has 0 unspecified atom stereocenters. The average molecular weight is 312 g/mol. The Balaban J connectivity index is 2.10. The van der Waals surface area contributed by atoms with Crippen LogP contribution < -0.4 is 10.4 Å². The van der Waals surface area contributed by atoms with E-state index in [0.717, 1.165) is 0 Å². The van der Waals surface area contributed by atoms with E-state index in [2.05, 4.69) is 88.4 Å². The second-order valence-electron chi connectivity index (χ2n) is 7.50. The first-order valence-electron chi connectivity index (χ1n) is 8.93. The molecule has 0 bridgehead atoms. The molecule has 0 heteroatoms. The van der Waals surface area contributed by atoms with E-state index in [4.69, 9.17) is 0 Å². The van der Waals surface area contributed by atoms with Gasteiger partial charge in [0.2, 0.25) is 0 Å². The lowest BCUT2D eigenvalue weighted by Gasteiger charge is -2.00. The Hall–Kier alpha value is -2.34. The van der Waals surface area contributed by atoms with Gasteiger partial charge in [0.15, 0.2) is 0 Å². The van der Waals surface area contributed by atoms with Gasteiger partial charge in [-0.25, -0.2) is 0 Å². The molecule has 0 saturated carbocycles. The first-order chi connectivity index (χ1) is 11.5. The van der Waals surface area contributed by atoms with Crippen molar-refractivity contribution in [3.8, 4) is 0 Å². The Kier molecular flexibility index (Phi) is 3.57. The van der Waals surface area contributed by atoms with Crippen molar-refractivity contribution in [1.29, 1.82) is 0 Å². The summed E-state index contributed by atoms with van der Waals surface area (Å²) in [4.78, 5) is 0. The number of allylic oxidation sites excluding steroid dienone is 2. The number of fused-ring (bicyclic) bond motifs is 2. The Morgan fingerprint density at radius 1 is 0.542 bits per heavy atom. The van der Waals surface area contributed by atoms with Gasteiger partial charge in [0.25, 0.3) is 0 Å². The van der Waals surface area contributed by atoms with Crippen LogP contribution in [0.3, 0.4) is 0 Å². The summed E-state index contributed by atoms with van der Waals surface area (Å²) < 4.78 is 0. The van der Waals surface area contributed by atoms with Gasteiger partial charge in [-0.1, -0.05) is 88.4 Å². The van der Waals surface area contributed by atoms with Crippen LogP contribution in [-0.2, 0) is 0 Å². The van der Waals surface area contributed by atoms with E-state index in [1.807, 2.05) is 0 Å². The molecule has 0 saturated heterocycles. The standard InChI is InChI=1S/C24H24/c1-15(2)19-11-17-7-5-9-21(23(17)13-19)22-10-6-8-18-12-20(16(3)4)14-24(18)22/h5-16H,1-4H3. The summed E-state index contributed by atoms with van der Waals surface area (Å²) in [6, 6.07) is 13.4. The number of hydrogen-bond donors (Lipinski definition) is 0. The first-order valence-corrected chi connectivity index (χ1v) is 8.93. The number of hydrogen-bond acceptors (Lipinski definition) is 0. The van der Waals surface area contributed by atoms with Crippen LogP contribution in [0.4, 0.5) is 0 Å². The lowest BCUT2D eigenvalue weighted by molar-refractivity contribution is 0.809. The molecule has 2 aliphatic rings. The van der Waals surface area contributed by atoms with Gasteiger partial charge >= 0.3 is 0 Å². The molecule has 0 heterocycles. The fourth-order valence-electron chi connectivity index (χ4n) is 3.65. The van der Waals surface area contributed by atoms with Gasteiger partial charge in [0.05, 0.1) is 0 Å². The fourth-order valence-corrected chi connectivity index (χ4v) is 3.65. The normalized spacial score (nSPS) is 16.4. The highest BCUT2D eigenvalue weighted by atomic mass is 14.2. The molecule has 0 N–H and O–H groups in total. The van der Waals surface area contributed by atoms with Gasteiger partial charge < -0.3 is 0 Å². The molecule has 0 radical (unpaired) electrons. The van der Waals surface area contributed by atoms with Crippen LogP contribution in [0.2, 0.25) is 0 Å². The quantitative estimate of drug-likeness (QED) is 0.758. The van der Waals surface area contributed by atoms with Gasteiger partial charge in [-0.05, 0) is 55.0 Å². The second kappa shape index (κ2) is 5.63. The van der Waals surface area contributed by atoms with Crippen LogP contribution in [0.1, 0.15) is 38.8 Å². The van der Waals surface area contributed by atoms with Gasteiger partial charge in [-0.2, -0.15) is 0 Å². The van der Waals surface area contributed by atoms with Crippen LogP contribution in [-0.4, -0.2) is 0 Å². The molecule has 4 rings (SSSR count). The van der Waals surface area contributed by atoms with Crippen molar-refractivity contribution in [3.05, 3.63) is 79.5 Å². The predicted molar refractivity (Wildman–Crippen MR) is 104 cm³/mol. The topological polar surface area (TPSA) is 0 Å². The van der Waals surface area contributed by atoms with E-state index < -0.39 is 0 Å². The van der Waals surface area contributed by atoms with E-state index in [9.17, 15) is 0 Å². The SMILES string of the molecule is CC(C)C1=Cc2cccc(=c3cccc4c3=CC(C(C)C)=C4)c2=C1. The van der Waals surface area contributed by atoms with E-state index in [0.29, 0.717) is 11.8 Å². The van der Waals surface area contributed by atoms with Crippen LogP contribution in [0.5, 0.6) is 0 Å². The van der Waals surface area contributed by atoms with Crippen molar-refractivity contribution >= 4 is 24.3 Å². The third-order valence-electron chi connectivity index (χ3n) is 5.17. The van der Waals surface area contributed by atoms with Crippen LogP contribution in [0.25, 0.3) is 24.3 Å². The van der Waals surface area contributed by atoms with Crippen molar-refractivity contribution in [2.75, 3.05) is 0 Å². The van der Waals surface area contributed by atoms with E-state index >= 15 is 0 Å². The Morgan fingerprint density at radius 3 is 1.33 bits per heavy atom. The highest BCUT2D eigenvalue weighted by Crippen LogP contribution is 2.21. The molecule has 0 nitrogen and oxygen atoms in total. The summed E-state index contributed by atoms with van der Waals surface area (Å²) in [5.41, 5.74) is 5.55. The minimum Gasteiger partial charge on any atom is -0.0610 e.